The Balaban J connectivity index is 1.42. The normalized spacial score (nSPS) is 25.3. The minimum absolute atomic E-state index is 0.0452. The average Bonchev–Trinajstić information content (AvgIpc) is 3.70. The number of fused-ring (bicyclic) bond motifs is 2. The van der Waals surface area contributed by atoms with Gasteiger partial charge in [0.15, 0.2) is 0 Å². The zero-order valence-corrected chi connectivity index (χ0v) is 26.6. The van der Waals surface area contributed by atoms with Crippen LogP contribution in [0.5, 0.6) is 0 Å². The number of benzene rings is 2. The fraction of sp³-hybridized carbons (Fsp3) is 0.500. The molecule has 3 aliphatic heterocycles. The fourth-order valence-corrected chi connectivity index (χ4v) is 7.35. The maximum absolute atomic E-state index is 14.7. The molecule has 1 spiro atoms. The Morgan fingerprint density at radius 3 is 2.67 bits per heavy atom. The maximum Gasteiger partial charge on any atom is 0.312 e. The molecule has 246 valence electrons. The zero-order chi connectivity index (χ0) is 32.8. The van der Waals surface area contributed by atoms with E-state index in [2.05, 4.69) is 18.5 Å². The number of nitrogens with one attached hydrogen (secondary N) is 1. The molecule has 3 heterocycles. The van der Waals surface area contributed by atoms with Crippen molar-refractivity contribution < 1.29 is 33.8 Å². The predicted octanol–water partition coefficient (Wildman–Crippen LogP) is 3.91. The molecule has 2 aromatic rings. The van der Waals surface area contributed by atoms with Gasteiger partial charge in [-0.2, -0.15) is 0 Å². The highest BCUT2D eigenvalue weighted by atomic mass is 16.6. The Kier molecular flexibility index (Phi) is 10.6. The molecule has 5 rings (SSSR count). The third-order valence-electron chi connectivity index (χ3n) is 9.47. The largest absolute Gasteiger partial charge is 0.460 e. The standard InChI is InChI=1S/C36H45N3O7/c1-4-6-14-29(41)37-23-24(3)45-35(44)30-28-17-18-36(46-28)31(30)33(42)39(20-10-7-11-21-40)32(36)34(43)38(19-5-2)27-16-15-25-12-8-9-13-26(25)22-27/h4-5,8-9,12-13,15-16,22,24,28,30-32,40H,1-2,6-7,10-11,14,17-21,23H2,3H3,(H,37,41)/t24-,28-,30+,31+,32-,36+/m0/s1. The molecule has 0 radical (unpaired) electrons. The smallest absolute Gasteiger partial charge is 0.312 e. The third-order valence-corrected chi connectivity index (χ3v) is 9.47. The lowest BCUT2D eigenvalue weighted by Gasteiger charge is -2.37. The van der Waals surface area contributed by atoms with Crippen molar-refractivity contribution in [2.24, 2.45) is 11.8 Å². The van der Waals surface area contributed by atoms with Gasteiger partial charge in [-0.05, 0) is 68.4 Å². The second kappa shape index (κ2) is 14.6. The van der Waals surface area contributed by atoms with Gasteiger partial charge in [0.05, 0.1) is 24.5 Å². The fourth-order valence-electron chi connectivity index (χ4n) is 7.35. The van der Waals surface area contributed by atoms with Crippen molar-refractivity contribution in [2.45, 2.75) is 75.7 Å². The molecule has 2 aromatic carbocycles. The molecule has 0 unspecified atom stereocenters. The number of ether oxygens (including phenoxy) is 2. The Labute approximate surface area is 270 Å². The van der Waals surface area contributed by atoms with Gasteiger partial charge in [0.2, 0.25) is 11.8 Å². The summed E-state index contributed by atoms with van der Waals surface area (Å²) >= 11 is 0. The van der Waals surface area contributed by atoms with Crippen LogP contribution in [0.15, 0.2) is 67.8 Å². The molecule has 3 aliphatic rings. The van der Waals surface area contributed by atoms with E-state index in [1.165, 1.54) is 0 Å². The molecule has 6 atom stereocenters. The molecule has 3 saturated heterocycles. The van der Waals surface area contributed by atoms with E-state index in [0.717, 1.165) is 10.8 Å². The van der Waals surface area contributed by atoms with Gasteiger partial charge >= 0.3 is 5.97 Å². The number of amides is 3. The van der Waals surface area contributed by atoms with E-state index >= 15 is 0 Å². The van der Waals surface area contributed by atoms with Gasteiger partial charge in [-0.25, -0.2) is 0 Å². The van der Waals surface area contributed by atoms with Crippen LogP contribution in [-0.2, 0) is 28.7 Å². The quantitative estimate of drug-likeness (QED) is 0.164. The molecule has 0 aromatic heterocycles. The number of carbonyl (C=O) groups excluding carboxylic acids is 4. The summed E-state index contributed by atoms with van der Waals surface area (Å²) in [6.07, 6.45) is 5.88. The molecule has 10 heteroatoms. The highest BCUT2D eigenvalue weighted by Gasteiger charge is 2.75. The van der Waals surface area contributed by atoms with E-state index in [4.69, 9.17) is 9.47 Å². The zero-order valence-electron chi connectivity index (χ0n) is 26.6. The lowest BCUT2D eigenvalue weighted by molar-refractivity contribution is -0.159. The summed E-state index contributed by atoms with van der Waals surface area (Å²) < 4.78 is 12.4. The van der Waals surface area contributed by atoms with Gasteiger partial charge in [-0.15, -0.1) is 13.2 Å². The van der Waals surface area contributed by atoms with Crippen molar-refractivity contribution in [3.8, 4) is 0 Å². The molecule has 10 nitrogen and oxygen atoms in total. The number of hydrogen-bond donors (Lipinski definition) is 2. The van der Waals surface area contributed by atoms with Gasteiger partial charge in [-0.3, -0.25) is 19.2 Å². The number of anilines is 1. The third kappa shape index (κ3) is 6.46. The molecular formula is C36H45N3O7. The first-order chi connectivity index (χ1) is 22.2. The van der Waals surface area contributed by atoms with E-state index in [1.54, 1.807) is 28.9 Å². The SMILES string of the molecule is C=CCCC(=O)NC[C@H](C)OC(=O)[C@@H]1[C@@H]2CC[C@]3(O2)[C@H](C(=O)N(CC=C)c2ccc4ccccc4c2)N(CCCCCO)C(=O)[C@@H]13. The number of allylic oxidation sites excluding steroid dienone is 1. The number of nitrogens with zero attached hydrogens (tertiary/aromatic N) is 2. The van der Waals surface area contributed by atoms with Crippen LogP contribution in [0.25, 0.3) is 10.8 Å². The lowest BCUT2D eigenvalue weighted by Crippen LogP contribution is -2.56. The number of aliphatic hydroxyl groups excluding tert-OH is 1. The lowest BCUT2D eigenvalue weighted by atomic mass is 9.70. The second-order valence-corrected chi connectivity index (χ2v) is 12.5. The molecule has 2 N–H and O–H groups in total. The van der Waals surface area contributed by atoms with Crippen LogP contribution in [0.2, 0.25) is 0 Å². The Morgan fingerprint density at radius 2 is 1.93 bits per heavy atom. The van der Waals surface area contributed by atoms with Gasteiger partial charge in [0, 0.05) is 31.8 Å². The van der Waals surface area contributed by atoms with Crippen LogP contribution in [0, 0.1) is 11.8 Å². The average molecular weight is 632 g/mol. The molecule has 0 saturated carbocycles. The molecule has 2 bridgehead atoms. The molecule has 0 aliphatic carbocycles. The van der Waals surface area contributed by atoms with Crippen molar-refractivity contribution in [3.63, 3.8) is 0 Å². The number of esters is 1. The number of rotatable bonds is 16. The number of unbranched alkanes of at least 4 members (excludes halogenated alkanes) is 2. The van der Waals surface area contributed by atoms with Crippen LogP contribution >= 0.6 is 0 Å². The minimum atomic E-state index is -1.17. The Morgan fingerprint density at radius 1 is 1.15 bits per heavy atom. The topological polar surface area (TPSA) is 125 Å². The summed E-state index contributed by atoms with van der Waals surface area (Å²) in [6, 6.07) is 12.8. The van der Waals surface area contributed by atoms with E-state index in [9.17, 15) is 24.3 Å². The van der Waals surface area contributed by atoms with E-state index in [0.29, 0.717) is 57.2 Å². The number of aliphatic hydroxyl groups is 1. The number of carbonyl (C=O) groups is 4. The van der Waals surface area contributed by atoms with Crippen LogP contribution in [-0.4, -0.2) is 83.8 Å². The van der Waals surface area contributed by atoms with Crippen LogP contribution in [0.3, 0.4) is 0 Å². The van der Waals surface area contributed by atoms with Crippen LogP contribution in [0.4, 0.5) is 5.69 Å². The second-order valence-electron chi connectivity index (χ2n) is 12.5. The van der Waals surface area contributed by atoms with Gasteiger partial charge in [0.25, 0.3) is 5.91 Å². The summed E-state index contributed by atoms with van der Waals surface area (Å²) in [5, 5.41) is 14.1. The van der Waals surface area contributed by atoms with Crippen molar-refractivity contribution in [2.75, 3.05) is 31.1 Å². The van der Waals surface area contributed by atoms with Crippen molar-refractivity contribution >= 4 is 40.2 Å². The first-order valence-corrected chi connectivity index (χ1v) is 16.3. The first-order valence-electron chi connectivity index (χ1n) is 16.3. The highest BCUT2D eigenvalue weighted by Crippen LogP contribution is 2.59. The monoisotopic (exact) mass is 631 g/mol. The summed E-state index contributed by atoms with van der Waals surface area (Å²) in [6.45, 7) is 9.93. The maximum atomic E-state index is 14.7. The Hall–Kier alpha value is -4.02. The minimum Gasteiger partial charge on any atom is -0.460 e. The number of likely N-dealkylation sites (tertiary alicyclic amines) is 1. The van der Waals surface area contributed by atoms with Gasteiger partial charge in [0.1, 0.15) is 17.7 Å². The van der Waals surface area contributed by atoms with Crippen molar-refractivity contribution in [1.82, 2.24) is 10.2 Å². The van der Waals surface area contributed by atoms with Crippen molar-refractivity contribution in [1.29, 1.82) is 0 Å². The van der Waals surface area contributed by atoms with Crippen molar-refractivity contribution in [3.05, 3.63) is 67.8 Å². The summed E-state index contributed by atoms with van der Waals surface area (Å²) in [7, 11) is 0. The molecule has 3 fully saturated rings. The van der Waals surface area contributed by atoms with Gasteiger partial charge < -0.3 is 29.7 Å². The van der Waals surface area contributed by atoms with Gasteiger partial charge in [-0.1, -0.05) is 42.5 Å². The predicted molar refractivity (Wildman–Crippen MR) is 175 cm³/mol. The Bertz CT molecular complexity index is 1480. The molecule has 46 heavy (non-hydrogen) atoms. The first kappa shape index (κ1) is 33.3. The van der Waals surface area contributed by atoms with Crippen LogP contribution in [0.1, 0.15) is 51.9 Å². The summed E-state index contributed by atoms with van der Waals surface area (Å²) in [4.78, 5) is 58.0. The van der Waals surface area contributed by atoms with E-state index in [1.807, 2.05) is 42.5 Å². The molecule has 3 amide bonds. The number of hydrogen-bond acceptors (Lipinski definition) is 7. The summed E-state index contributed by atoms with van der Waals surface area (Å²) in [5.74, 6) is -2.99. The van der Waals surface area contributed by atoms with E-state index < -0.39 is 41.7 Å². The molecular weight excluding hydrogens is 586 g/mol. The highest BCUT2D eigenvalue weighted by molar-refractivity contribution is 6.05. The van der Waals surface area contributed by atoms with Crippen LogP contribution < -0.4 is 10.2 Å². The van der Waals surface area contributed by atoms with E-state index in [-0.39, 0.29) is 37.4 Å². The summed E-state index contributed by atoms with van der Waals surface area (Å²) in [5.41, 5.74) is -0.485.